The van der Waals surface area contributed by atoms with Crippen LogP contribution in [0.3, 0.4) is 0 Å². The van der Waals surface area contributed by atoms with Crippen molar-refractivity contribution >= 4 is 22.8 Å². The minimum Gasteiger partial charge on any atom is -0.422 e. The third-order valence-electron chi connectivity index (χ3n) is 4.18. The first-order valence-corrected chi connectivity index (χ1v) is 8.86. The molecule has 2 aromatic carbocycles. The summed E-state index contributed by atoms with van der Waals surface area (Å²) in [4.78, 5) is 26.3. The maximum absolute atomic E-state index is 12.5. The zero-order valence-corrected chi connectivity index (χ0v) is 15.1. The molecule has 0 aliphatic rings. The quantitative estimate of drug-likeness (QED) is 0.538. The number of anilines is 1. The van der Waals surface area contributed by atoms with E-state index in [1.165, 1.54) is 4.80 Å². The topological polar surface area (TPSA) is 103 Å². The molecular formula is C20H17N5O3. The molecule has 28 heavy (non-hydrogen) atoms. The molecule has 0 fully saturated rings. The summed E-state index contributed by atoms with van der Waals surface area (Å²) < 4.78 is 5.38. The fourth-order valence-corrected chi connectivity index (χ4v) is 2.85. The van der Waals surface area contributed by atoms with Crippen LogP contribution in [0.25, 0.3) is 22.1 Å². The summed E-state index contributed by atoms with van der Waals surface area (Å²) >= 11 is 0. The molecule has 0 radical (unpaired) electrons. The van der Waals surface area contributed by atoms with Crippen LogP contribution in [0.5, 0.6) is 0 Å². The van der Waals surface area contributed by atoms with Crippen LogP contribution in [0.2, 0.25) is 0 Å². The van der Waals surface area contributed by atoms with E-state index in [0.717, 1.165) is 11.8 Å². The zero-order chi connectivity index (χ0) is 19.5. The Morgan fingerprint density at radius 3 is 2.86 bits per heavy atom. The van der Waals surface area contributed by atoms with Gasteiger partial charge in [-0.05, 0) is 41.5 Å². The van der Waals surface area contributed by atoms with Gasteiger partial charge < -0.3 is 4.42 Å². The van der Waals surface area contributed by atoms with Crippen LogP contribution in [-0.2, 0) is 6.54 Å². The number of amides is 1. The predicted octanol–water partition coefficient (Wildman–Crippen LogP) is 3.11. The van der Waals surface area contributed by atoms with Crippen LogP contribution in [0.1, 0.15) is 23.7 Å². The van der Waals surface area contributed by atoms with E-state index in [9.17, 15) is 9.59 Å². The third-order valence-corrected chi connectivity index (χ3v) is 4.18. The Balaban J connectivity index is 1.63. The molecule has 4 aromatic rings. The highest BCUT2D eigenvalue weighted by Crippen LogP contribution is 2.22. The molecule has 4 rings (SSSR count). The average Bonchev–Trinajstić information content (AvgIpc) is 3.14. The van der Waals surface area contributed by atoms with Crippen molar-refractivity contribution in [3.63, 3.8) is 0 Å². The first-order valence-electron chi connectivity index (χ1n) is 8.86. The lowest BCUT2D eigenvalue weighted by molar-refractivity contribution is 0.102. The number of hydrogen-bond donors (Lipinski definition) is 1. The minimum absolute atomic E-state index is 0.133. The number of para-hydroxylation sites is 1. The van der Waals surface area contributed by atoms with Crippen molar-refractivity contribution in [2.24, 2.45) is 0 Å². The van der Waals surface area contributed by atoms with Crippen LogP contribution in [-0.4, -0.2) is 26.1 Å². The number of nitrogens with one attached hydrogen (secondary N) is 1. The molecule has 1 N–H and O–H groups in total. The summed E-state index contributed by atoms with van der Waals surface area (Å²) in [6.45, 7) is 2.62. The Morgan fingerprint density at radius 2 is 2.00 bits per heavy atom. The van der Waals surface area contributed by atoms with Crippen LogP contribution in [0.15, 0.2) is 63.8 Å². The number of rotatable bonds is 5. The van der Waals surface area contributed by atoms with Crippen molar-refractivity contribution in [2.45, 2.75) is 19.9 Å². The Morgan fingerprint density at radius 1 is 1.14 bits per heavy atom. The van der Waals surface area contributed by atoms with E-state index in [1.807, 2.05) is 19.1 Å². The number of benzene rings is 2. The number of carbonyl (C=O) groups excluding carboxylic acids is 1. The Hall–Kier alpha value is -3.81. The molecule has 0 unspecified atom stereocenters. The van der Waals surface area contributed by atoms with Gasteiger partial charge >= 0.3 is 5.63 Å². The minimum atomic E-state index is -0.458. The predicted molar refractivity (Wildman–Crippen MR) is 104 cm³/mol. The van der Waals surface area contributed by atoms with Gasteiger partial charge in [-0.3, -0.25) is 10.1 Å². The third kappa shape index (κ3) is 3.52. The van der Waals surface area contributed by atoms with E-state index in [-0.39, 0.29) is 11.9 Å². The van der Waals surface area contributed by atoms with Gasteiger partial charge in [0.05, 0.1) is 12.1 Å². The first-order chi connectivity index (χ1) is 13.6. The zero-order valence-electron chi connectivity index (χ0n) is 15.1. The van der Waals surface area contributed by atoms with Crippen molar-refractivity contribution < 1.29 is 9.21 Å². The van der Waals surface area contributed by atoms with E-state index >= 15 is 0 Å². The van der Waals surface area contributed by atoms with Gasteiger partial charge in [0.2, 0.25) is 0 Å². The molecule has 140 valence electrons. The molecule has 0 saturated heterocycles. The second-order valence-electron chi connectivity index (χ2n) is 6.23. The van der Waals surface area contributed by atoms with Gasteiger partial charge in [-0.15, -0.1) is 5.10 Å². The molecule has 0 aliphatic carbocycles. The number of hydrogen-bond acceptors (Lipinski definition) is 6. The van der Waals surface area contributed by atoms with Gasteiger partial charge in [0.15, 0.2) is 0 Å². The maximum Gasteiger partial charge on any atom is 0.344 e. The highest BCUT2D eigenvalue weighted by molar-refractivity contribution is 6.04. The number of nitrogens with zero attached hydrogens (tertiary/aromatic N) is 4. The fourth-order valence-electron chi connectivity index (χ4n) is 2.85. The first kappa shape index (κ1) is 17.6. The molecular weight excluding hydrogens is 358 g/mol. The summed E-state index contributed by atoms with van der Waals surface area (Å²) in [5, 5.41) is 15.2. The molecule has 0 saturated carbocycles. The number of aromatic nitrogens is 4. The van der Waals surface area contributed by atoms with E-state index in [4.69, 9.17) is 4.42 Å². The highest BCUT2D eigenvalue weighted by atomic mass is 16.4. The summed E-state index contributed by atoms with van der Waals surface area (Å²) in [6.07, 6.45) is 0.861. The lowest BCUT2D eigenvalue weighted by Gasteiger charge is -2.05. The lowest BCUT2D eigenvalue weighted by Crippen LogP contribution is -2.14. The van der Waals surface area contributed by atoms with E-state index < -0.39 is 5.63 Å². The highest BCUT2D eigenvalue weighted by Gasteiger charge is 2.13. The standard InChI is InChI=1S/C20H17N5O3/c1-2-10-25-23-20(22-24-25)21-18(26)15-8-5-7-13(11-15)16-12-14-6-3-4-9-17(14)28-19(16)27/h3-9,11-12H,2,10H2,1H3,(H,21,23,26). The average molecular weight is 375 g/mol. The molecule has 2 aromatic heterocycles. The maximum atomic E-state index is 12.5. The summed E-state index contributed by atoms with van der Waals surface area (Å²) in [6, 6.07) is 15.8. The Labute approximate surface area is 159 Å². The van der Waals surface area contributed by atoms with E-state index in [0.29, 0.717) is 28.8 Å². The van der Waals surface area contributed by atoms with Gasteiger partial charge in [0, 0.05) is 10.9 Å². The number of carbonyl (C=O) groups is 1. The second-order valence-corrected chi connectivity index (χ2v) is 6.23. The molecule has 8 nitrogen and oxygen atoms in total. The van der Waals surface area contributed by atoms with Gasteiger partial charge in [0.1, 0.15) is 5.58 Å². The van der Waals surface area contributed by atoms with E-state index in [2.05, 4.69) is 20.7 Å². The van der Waals surface area contributed by atoms with Crippen LogP contribution in [0, 0.1) is 0 Å². The lowest BCUT2D eigenvalue weighted by atomic mass is 10.0. The molecule has 0 spiro atoms. The summed E-state index contributed by atoms with van der Waals surface area (Å²) in [5.74, 6) is -0.253. The van der Waals surface area contributed by atoms with Crippen molar-refractivity contribution in [1.82, 2.24) is 20.2 Å². The Kier molecular flexibility index (Phi) is 4.67. The van der Waals surface area contributed by atoms with Crippen LogP contribution < -0.4 is 10.9 Å². The second kappa shape index (κ2) is 7.43. The molecule has 0 atom stereocenters. The van der Waals surface area contributed by atoms with Crippen molar-refractivity contribution in [1.29, 1.82) is 0 Å². The smallest absolute Gasteiger partial charge is 0.344 e. The van der Waals surface area contributed by atoms with Gasteiger partial charge in [-0.25, -0.2) is 4.79 Å². The molecule has 1 amide bonds. The molecule has 0 aliphatic heterocycles. The van der Waals surface area contributed by atoms with E-state index in [1.54, 1.807) is 42.5 Å². The van der Waals surface area contributed by atoms with Gasteiger partial charge in [-0.1, -0.05) is 42.4 Å². The van der Waals surface area contributed by atoms with Crippen molar-refractivity contribution in [3.8, 4) is 11.1 Å². The van der Waals surface area contributed by atoms with Crippen LogP contribution >= 0.6 is 0 Å². The Bertz CT molecular complexity index is 1210. The summed E-state index contributed by atoms with van der Waals surface area (Å²) in [7, 11) is 0. The normalized spacial score (nSPS) is 10.9. The van der Waals surface area contributed by atoms with Crippen molar-refractivity contribution in [2.75, 3.05) is 5.32 Å². The molecule has 0 bridgehead atoms. The summed E-state index contributed by atoms with van der Waals surface area (Å²) in [5.41, 5.74) is 1.42. The van der Waals surface area contributed by atoms with Gasteiger partial charge in [-0.2, -0.15) is 4.80 Å². The van der Waals surface area contributed by atoms with Gasteiger partial charge in [0.25, 0.3) is 11.9 Å². The van der Waals surface area contributed by atoms with Crippen LogP contribution in [0.4, 0.5) is 5.95 Å². The van der Waals surface area contributed by atoms with Crippen molar-refractivity contribution in [3.05, 3.63) is 70.6 Å². The number of tetrazole rings is 1. The largest absolute Gasteiger partial charge is 0.422 e. The monoisotopic (exact) mass is 375 g/mol. The number of fused-ring (bicyclic) bond motifs is 1. The SMILES string of the molecule is CCCn1nnc(NC(=O)c2cccc(-c3cc4ccccc4oc3=O)c2)n1. The molecule has 8 heteroatoms. The molecule has 2 heterocycles. The number of aryl methyl sites for hydroxylation is 1. The fraction of sp³-hybridized carbons (Fsp3) is 0.150.